The molecule has 1 aromatic carbocycles. The zero-order valence-electron chi connectivity index (χ0n) is 18.6. The first-order chi connectivity index (χ1) is 14.7. The lowest BCUT2D eigenvalue weighted by molar-refractivity contribution is 0.0220. The number of anilines is 1. The van der Waals surface area contributed by atoms with E-state index in [4.69, 9.17) is 10.5 Å². The van der Waals surface area contributed by atoms with Crippen molar-refractivity contribution in [1.29, 1.82) is 0 Å². The molecule has 1 saturated carbocycles. The van der Waals surface area contributed by atoms with Crippen molar-refractivity contribution in [1.82, 2.24) is 14.5 Å². The Morgan fingerprint density at radius 2 is 1.97 bits per heavy atom. The number of benzene rings is 1. The number of aromatic nitrogens is 2. The molecule has 2 aromatic rings. The Morgan fingerprint density at radius 3 is 2.58 bits per heavy atom. The van der Waals surface area contributed by atoms with Crippen molar-refractivity contribution >= 4 is 12.0 Å². The van der Waals surface area contributed by atoms with Gasteiger partial charge in [-0.3, -0.25) is 9.36 Å². The van der Waals surface area contributed by atoms with Gasteiger partial charge >= 0.3 is 6.09 Å². The number of nitrogen functional groups attached to an aromatic ring is 1. The highest BCUT2D eigenvalue weighted by Crippen LogP contribution is 2.38. The average molecular weight is 425 g/mol. The van der Waals surface area contributed by atoms with Gasteiger partial charge in [-0.05, 0) is 57.9 Å². The van der Waals surface area contributed by atoms with Crippen LogP contribution in [-0.4, -0.2) is 32.7 Å². The molecule has 166 valence electrons. The maximum atomic E-state index is 13.5. The lowest BCUT2D eigenvalue weighted by Gasteiger charge is -2.36. The third-order valence-electron chi connectivity index (χ3n) is 6.26. The number of hydrogen-bond acceptors (Lipinski definition) is 5. The fraction of sp³-hybridized carbons (Fsp3) is 0.542. The van der Waals surface area contributed by atoms with Crippen LogP contribution in [-0.2, 0) is 24.1 Å². The number of hydrogen-bond donors (Lipinski definition) is 1. The summed E-state index contributed by atoms with van der Waals surface area (Å²) in [7, 11) is 0. The Morgan fingerprint density at radius 1 is 1.26 bits per heavy atom. The normalized spacial score (nSPS) is 17.6. The molecule has 0 saturated heterocycles. The Labute approximate surface area is 183 Å². The molecule has 1 aliphatic heterocycles. The predicted octanol–water partition coefficient (Wildman–Crippen LogP) is 3.70. The highest BCUT2D eigenvalue weighted by molar-refractivity contribution is 5.68. The van der Waals surface area contributed by atoms with Gasteiger partial charge in [0.25, 0.3) is 5.56 Å². The van der Waals surface area contributed by atoms with Crippen LogP contribution in [0.15, 0.2) is 35.1 Å². The van der Waals surface area contributed by atoms with Gasteiger partial charge in [0.15, 0.2) is 0 Å². The van der Waals surface area contributed by atoms with E-state index in [-0.39, 0.29) is 30.2 Å². The molecule has 4 rings (SSSR count). The third kappa shape index (κ3) is 4.60. The highest BCUT2D eigenvalue weighted by atomic mass is 16.6. The van der Waals surface area contributed by atoms with Gasteiger partial charge in [-0.1, -0.05) is 36.8 Å². The van der Waals surface area contributed by atoms with Crippen LogP contribution in [0, 0.1) is 5.92 Å². The van der Waals surface area contributed by atoms with E-state index in [2.05, 4.69) is 17.1 Å². The first kappa shape index (κ1) is 21.4. The number of amides is 1. The summed E-state index contributed by atoms with van der Waals surface area (Å²) in [5, 5.41) is 0. The third-order valence-corrected chi connectivity index (χ3v) is 6.26. The molecule has 1 unspecified atom stereocenters. The monoisotopic (exact) mass is 424 g/mol. The molecule has 2 aliphatic rings. The molecule has 0 spiro atoms. The van der Waals surface area contributed by atoms with Crippen LogP contribution in [0.25, 0.3) is 0 Å². The summed E-state index contributed by atoms with van der Waals surface area (Å²) in [5.74, 6) is 0.671. The molecule has 1 atom stereocenters. The van der Waals surface area contributed by atoms with Crippen molar-refractivity contribution in [3.8, 4) is 0 Å². The second-order valence-corrected chi connectivity index (χ2v) is 9.67. The van der Waals surface area contributed by atoms with Gasteiger partial charge < -0.3 is 15.4 Å². The lowest BCUT2D eigenvalue weighted by Crippen LogP contribution is -2.44. The number of rotatable bonds is 4. The molecular weight excluding hydrogens is 392 g/mol. The van der Waals surface area contributed by atoms with E-state index >= 15 is 0 Å². The van der Waals surface area contributed by atoms with Crippen molar-refractivity contribution in [3.05, 3.63) is 57.5 Å². The summed E-state index contributed by atoms with van der Waals surface area (Å²) in [6.07, 6.45) is 4.23. The molecule has 2 heterocycles. The summed E-state index contributed by atoms with van der Waals surface area (Å²) >= 11 is 0. The quantitative estimate of drug-likeness (QED) is 0.808. The second kappa shape index (κ2) is 8.36. The van der Waals surface area contributed by atoms with Crippen LogP contribution in [0.3, 0.4) is 0 Å². The van der Waals surface area contributed by atoms with E-state index in [0.29, 0.717) is 30.1 Å². The van der Waals surface area contributed by atoms with E-state index in [1.165, 1.54) is 12.0 Å². The number of nitrogens with two attached hydrogens (primary N) is 1. The minimum atomic E-state index is -0.569. The average Bonchev–Trinajstić information content (AvgIpc) is 2.65. The molecule has 2 N–H and O–H groups in total. The minimum absolute atomic E-state index is 0.00494. The van der Waals surface area contributed by atoms with Crippen molar-refractivity contribution in [2.75, 3.05) is 12.3 Å². The van der Waals surface area contributed by atoms with Crippen LogP contribution < -0.4 is 11.3 Å². The number of nitrogens with zero attached hydrogens (tertiary/aromatic N) is 3. The van der Waals surface area contributed by atoms with E-state index in [1.54, 1.807) is 9.47 Å². The first-order valence-electron chi connectivity index (χ1n) is 11.1. The second-order valence-electron chi connectivity index (χ2n) is 9.67. The van der Waals surface area contributed by atoms with E-state index in [0.717, 1.165) is 19.3 Å². The molecular formula is C24H32N4O3. The van der Waals surface area contributed by atoms with Gasteiger partial charge in [-0.25, -0.2) is 9.78 Å². The molecule has 1 aromatic heterocycles. The topological polar surface area (TPSA) is 90.4 Å². The van der Waals surface area contributed by atoms with Crippen LogP contribution in [0.4, 0.5) is 10.7 Å². The highest BCUT2D eigenvalue weighted by Gasteiger charge is 2.34. The lowest BCUT2D eigenvalue weighted by atomic mass is 9.77. The molecule has 7 heteroatoms. The number of ether oxygens (including phenoxy) is 1. The number of carbonyl (C=O) groups excluding carboxylic acids is 1. The van der Waals surface area contributed by atoms with Crippen LogP contribution >= 0.6 is 0 Å². The van der Waals surface area contributed by atoms with Gasteiger partial charge in [-0.2, -0.15) is 0 Å². The Bertz CT molecular complexity index is 1010. The summed E-state index contributed by atoms with van der Waals surface area (Å²) in [6, 6.07) is 10.2. The van der Waals surface area contributed by atoms with Gasteiger partial charge in [0, 0.05) is 18.2 Å². The first-order valence-corrected chi connectivity index (χ1v) is 11.1. The molecule has 1 aliphatic carbocycles. The van der Waals surface area contributed by atoms with Crippen molar-refractivity contribution in [2.45, 2.75) is 71.1 Å². The van der Waals surface area contributed by atoms with E-state index in [9.17, 15) is 9.59 Å². The Hall–Kier alpha value is -2.83. The molecule has 7 nitrogen and oxygen atoms in total. The van der Waals surface area contributed by atoms with Gasteiger partial charge in [0.05, 0.1) is 12.2 Å². The SMILES string of the molecule is CC(C)(C)OC(=O)N1CCc2c(nc(N)n(C(Cc3ccccc3)C3CCC3)c2=O)C1. The van der Waals surface area contributed by atoms with Crippen LogP contribution in [0.5, 0.6) is 0 Å². The zero-order chi connectivity index (χ0) is 22.2. The standard InChI is InChI=1S/C24H32N4O3/c1-24(2,3)31-23(30)27-13-12-18-19(15-27)26-22(25)28(21(18)29)20(17-10-7-11-17)14-16-8-5-4-6-9-16/h4-6,8-9,17,20H,7,10-15H2,1-3H3,(H2,25,26). The van der Waals surface area contributed by atoms with E-state index < -0.39 is 5.60 Å². The molecule has 0 bridgehead atoms. The Kier molecular flexibility index (Phi) is 5.77. The van der Waals surface area contributed by atoms with Crippen molar-refractivity contribution in [3.63, 3.8) is 0 Å². The number of fused-ring (bicyclic) bond motifs is 1. The molecule has 1 fully saturated rings. The summed E-state index contributed by atoms with van der Waals surface area (Å²) < 4.78 is 7.20. The molecule has 31 heavy (non-hydrogen) atoms. The maximum absolute atomic E-state index is 13.5. The summed E-state index contributed by atoms with van der Waals surface area (Å²) in [5.41, 5.74) is 8.18. The van der Waals surface area contributed by atoms with E-state index in [1.807, 2.05) is 39.0 Å². The van der Waals surface area contributed by atoms with Crippen LogP contribution in [0.1, 0.15) is 62.9 Å². The fourth-order valence-electron chi connectivity index (χ4n) is 4.47. The zero-order valence-corrected chi connectivity index (χ0v) is 18.6. The van der Waals surface area contributed by atoms with Gasteiger partial charge in [-0.15, -0.1) is 0 Å². The van der Waals surface area contributed by atoms with Gasteiger partial charge in [0.2, 0.25) is 5.95 Å². The van der Waals surface area contributed by atoms with Gasteiger partial charge in [0.1, 0.15) is 5.60 Å². The molecule has 0 radical (unpaired) electrons. The largest absolute Gasteiger partial charge is 0.444 e. The molecule has 1 amide bonds. The fourth-order valence-corrected chi connectivity index (χ4v) is 4.47. The van der Waals surface area contributed by atoms with Crippen molar-refractivity contribution < 1.29 is 9.53 Å². The summed E-state index contributed by atoms with van der Waals surface area (Å²) in [6.45, 7) is 6.20. The smallest absolute Gasteiger partial charge is 0.410 e. The minimum Gasteiger partial charge on any atom is -0.444 e. The predicted molar refractivity (Wildman–Crippen MR) is 120 cm³/mol. The maximum Gasteiger partial charge on any atom is 0.410 e. The summed E-state index contributed by atoms with van der Waals surface area (Å²) in [4.78, 5) is 32.2. The number of carbonyl (C=O) groups is 1. The van der Waals surface area contributed by atoms with Crippen LogP contribution in [0.2, 0.25) is 0 Å². The Balaban J connectivity index is 1.63. The van der Waals surface area contributed by atoms with Crippen molar-refractivity contribution in [2.24, 2.45) is 5.92 Å².